The molecule has 0 amide bonds. The van der Waals surface area contributed by atoms with Gasteiger partial charge in [0.2, 0.25) is 0 Å². The first kappa shape index (κ1) is 29.4. The number of hydrogen-bond acceptors (Lipinski definition) is 2. The summed E-state index contributed by atoms with van der Waals surface area (Å²) >= 11 is 1.82. The van der Waals surface area contributed by atoms with Gasteiger partial charge >= 0.3 is 20.1 Å². The first-order valence-corrected chi connectivity index (χ1v) is 13.7. The second-order valence-electron chi connectivity index (χ2n) is 9.98. The van der Waals surface area contributed by atoms with E-state index < -0.39 is 0 Å². The van der Waals surface area contributed by atoms with E-state index in [2.05, 4.69) is 107 Å². The monoisotopic (exact) mass is 687 g/mol. The fraction of sp³-hybridized carbons (Fsp3) is 0.344. The van der Waals surface area contributed by atoms with Gasteiger partial charge in [0.25, 0.3) is 0 Å². The van der Waals surface area contributed by atoms with Crippen molar-refractivity contribution in [3.63, 3.8) is 0 Å². The molecule has 0 fully saturated rings. The summed E-state index contributed by atoms with van der Waals surface area (Å²) in [6.45, 7) is 12.8. The van der Waals surface area contributed by atoms with Crippen LogP contribution in [-0.2, 0) is 20.1 Å². The first-order valence-electron chi connectivity index (χ1n) is 12.9. The molecule has 2 heterocycles. The van der Waals surface area contributed by atoms with Gasteiger partial charge in [0.15, 0.2) is 0 Å². The van der Waals surface area contributed by atoms with E-state index in [9.17, 15) is 0 Å². The average Bonchev–Trinajstić information content (AvgIpc) is 3.23. The molecule has 0 aliphatic rings. The third kappa shape index (κ3) is 7.46. The second kappa shape index (κ2) is 13.6. The molecule has 3 aromatic carbocycles. The summed E-state index contributed by atoms with van der Waals surface area (Å²) in [6.07, 6.45) is 1.08. The number of rotatable bonds is 7. The van der Waals surface area contributed by atoms with Crippen LogP contribution in [-0.4, -0.2) is 29.2 Å². The van der Waals surface area contributed by atoms with Gasteiger partial charge in [-0.3, -0.25) is 4.98 Å². The number of hydrogen-bond donors (Lipinski definition) is 0. The van der Waals surface area contributed by atoms with E-state index in [0.29, 0.717) is 24.2 Å². The van der Waals surface area contributed by atoms with Crippen LogP contribution in [0.2, 0.25) is 0 Å². The molecule has 5 heteroatoms. The number of aromatic nitrogens is 1. The summed E-state index contributed by atoms with van der Waals surface area (Å²) in [7, 11) is 0. The molecule has 2 unspecified atom stereocenters. The zero-order chi connectivity index (χ0) is 25.7. The minimum Gasteiger partial charge on any atom is -0.657 e. The van der Waals surface area contributed by atoms with Gasteiger partial charge in [-0.05, 0) is 12.1 Å². The summed E-state index contributed by atoms with van der Waals surface area (Å²) < 4.78 is 2.55. The van der Waals surface area contributed by atoms with Gasteiger partial charge in [0.05, 0.1) is 5.52 Å². The van der Waals surface area contributed by atoms with E-state index in [-0.39, 0.29) is 20.1 Å². The first-order chi connectivity index (χ1) is 17.3. The van der Waals surface area contributed by atoms with Gasteiger partial charge in [0.1, 0.15) is 0 Å². The molecule has 0 aliphatic heterocycles. The van der Waals surface area contributed by atoms with Crippen molar-refractivity contribution in [3.05, 3.63) is 89.5 Å². The zero-order valence-corrected chi connectivity index (χ0v) is 25.7. The molecular weight excluding hydrogens is 651 g/mol. The van der Waals surface area contributed by atoms with E-state index in [0.717, 1.165) is 23.2 Å². The van der Waals surface area contributed by atoms with E-state index in [4.69, 9.17) is 4.98 Å². The largest absolute Gasteiger partial charge is 3.00 e. The SMILES string of the molecule is CC(C)[N-]C(C)CC(C)[N-]C(C)C.[Ir+3].[c-]1ccccc1-c1nc2ccccc2c2c1sc1ccccc12. The van der Waals surface area contributed by atoms with Crippen LogP contribution in [0, 0.1) is 6.07 Å². The standard InChI is InChI=1S/C21H12NS.C11H24N2.Ir/c1-2-8-14(9-3-1)20-21-19(15-10-4-6-12-17(15)22-20)16-11-5-7-13-18(16)23-21;1-8(2)12-10(5)7-11(6)13-9(3)4;/h1-8,10-13H;8-11H,7H2,1-6H3;/q-1;-2;+3. The van der Waals surface area contributed by atoms with Crippen molar-refractivity contribution in [1.29, 1.82) is 0 Å². The Labute approximate surface area is 239 Å². The van der Waals surface area contributed by atoms with Crippen molar-refractivity contribution in [3.8, 4) is 11.3 Å². The summed E-state index contributed by atoms with van der Waals surface area (Å²) in [6, 6.07) is 30.2. The minimum absolute atomic E-state index is 0. The molecule has 5 rings (SSSR count). The van der Waals surface area contributed by atoms with Crippen molar-refractivity contribution in [2.75, 3.05) is 0 Å². The molecule has 3 nitrogen and oxygen atoms in total. The number of fused-ring (bicyclic) bond motifs is 5. The Bertz CT molecular complexity index is 1400. The summed E-state index contributed by atoms with van der Waals surface area (Å²) in [4.78, 5) is 4.95. The Morgan fingerprint density at radius 2 is 1.35 bits per heavy atom. The quantitative estimate of drug-likeness (QED) is 0.157. The maximum Gasteiger partial charge on any atom is 3.00 e. The fourth-order valence-electron chi connectivity index (χ4n) is 4.79. The van der Waals surface area contributed by atoms with Gasteiger partial charge in [-0.2, -0.15) is 0 Å². The second-order valence-corrected chi connectivity index (χ2v) is 11.0. The number of pyridine rings is 1. The van der Waals surface area contributed by atoms with E-state index in [1.54, 1.807) is 0 Å². The Kier molecular flexibility index (Phi) is 10.8. The maximum absolute atomic E-state index is 4.95. The molecule has 37 heavy (non-hydrogen) atoms. The van der Waals surface area contributed by atoms with Crippen LogP contribution in [0.1, 0.15) is 48.0 Å². The molecular formula is C32H36IrN3S. The third-order valence-corrected chi connectivity index (χ3v) is 7.15. The Morgan fingerprint density at radius 1 is 0.757 bits per heavy atom. The summed E-state index contributed by atoms with van der Waals surface area (Å²) in [5.41, 5.74) is 3.12. The minimum atomic E-state index is 0. The van der Waals surface area contributed by atoms with Crippen molar-refractivity contribution in [2.24, 2.45) is 0 Å². The molecule has 2 atom stereocenters. The van der Waals surface area contributed by atoms with Gasteiger partial charge in [-0.15, -0.1) is 71.4 Å². The molecule has 194 valence electrons. The van der Waals surface area contributed by atoms with Crippen molar-refractivity contribution in [1.82, 2.24) is 4.98 Å². The number of para-hydroxylation sites is 1. The molecule has 0 N–H and O–H groups in total. The van der Waals surface area contributed by atoms with Gasteiger partial charge in [-0.25, -0.2) is 0 Å². The predicted molar refractivity (Wildman–Crippen MR) is 159 cm³/mol. The van der Waals surface area contributed by atoms with Crippen LogP contribution in [0.5, 0.6) is 0 Å². The van der Waals surface area contributed by atoms with E-state index >= 15 is 0 Å². The number of benzene rings is 3. The van der Waals surface area contributed by atoms with Crippen LogP contribution in [0.3, 0.4) is 0 Å². The number of nitrogens with zero attached hydrogens (tertiary/aromatic N) is 3. The van der Waals surface area contributed by atoms with Crippen LogP contribution in [0.4, 0.5) is 0 Å². The van der Waals surface area contributed by atoms with Crippen molar-refractivity contribution < 1.29 is 20.1 Å². The van der Waals surface area contributed by atoms with Gasteiger partial charge in [0, 0.05) is 31.3 Å². The average molecular weight is 687 g/mol. The smallest absolute Gasteiger partial charge is 0.657 e. The molecule has 0 radical (unpaired) electrons. The van der Waals surface area contributed by atoms with Gasteiger partial charge < -0.3 is 10.6 Å². The fourth-order valence-corrected chi connectivity index (χ4v) is 6.01. The van der Waals surface area contributed by atoms with Crippen LogP contribution in [0.25, 0.3) is 53.0 Å². The predicted octanol–water partition coefficient (Wildman–Crippen LogP) is 9.79. The van der Waals surface area contributed by atoms with Gasteiger partial charge in [-0.1, -0.05) is 84.4 Å². The zero-order valence-electron chi connectivity index (χ0n) is 22.5. The molecule has 0 saturated heterocycles. The van der Waals surface area contributed by atoms with E-state index in [1.165, 1.54) is 25.6 Å². The Hall–Kier alpha value is -2.14. The summed E-state index contributed by atoms with van der Waals surface area (Å²) in [5, 5.41) is 13.0. The van der Waals surface area contributed by atoms with Crippen molar-refractivity contribution >= 4 is 42.4 Å². The number of thiophene rings is 1. The van der Waals surface area contributed by atoms with Crippen LogP contribution in [0.15, 0.2) is 72.8 Å². The molecule has 0 bridgehead atoms. The molecule has 5 aromatic rings. The molecule has 2 aromatic heterocycles. The molecule has 0 spiro atoms. The maximum atomic E-state index is 4.95. The Morgan fingerprint density at radius 3 is 1.97 bits per heavy atom. The van der Waals surface area contributed by atoms with E-state index in [1.807, 2.05) is 35.6 Å². The topological polar surface area (TPSA) is 41.1 Å². The molecule has 0 aliphatic carbocycles. The normalized spacial score (nSPS) is 13.0. The Balaban J connectivity index is 0.000000237. The summed E-state index contributed by atoms with van der Waals surface area (Å²) in [5.74, 6) is 0. The third-order valence-electron chi connectivity index (χ3n) is 5.97. The van der Waals surface area contributed by atoms with Crippen LogP contribution >= 0.6 is 11.3 Å². The molecule has 0 saturated carbocycles. The van der Waals surface area contributed by atoms with Crippen molar-refractivity contribution in [2.45, 2.75) is 72.1 Å². The van der Waals surface area contributed by atoms with Crippen LogP contribution < -0.4 is 0 Å².